The van der Waals surface area contributed by atoms with Gasteiger partial charge in [-0.2, -0.15) is 5.26 Å². The standard InChI is InChI=1S/C12H12N2O/c1-14-11-4-2-9(6-7-13)8-10(11)3-5-12(14)15/h2,4,8H,3,5-6H2,1H3. The molecule has 1 heterocycles. The summed E-state index contributed by atoms with van der Waals surface area (Å²) in [6.45, 7) is 0. The molecule has 0 N–H and O–H groups in total. The average molecular weight is 200 g/mol. The Kier molecular flexibility index (Phi) is 2.42. The van der Waals surface area contributed by atoms with E-state index in [1.165, 1.54) is 5.56 Å². The molecule has 0 saturated carbocycles. The van der Waals surface area contributed by atoms with Gasteiger partial charge in [-0.25, -0.2) is 0 Å². The molecule has 15 heavy (non-hydrogen) atoms. The van der Waals surface area contributed by atoms with E-state index in [-0.39, 0.29) is 5.91 Å². The minimum atomic E-state index is 0.163. The van der Waals surface area contributed by atoms with Gasteiger partial charge in [0.2, 0.25) is 5.91 Å². The molecule has 1 aliphatic heterocycles. The molecule has 76 valence electrons. The maximum atomic E-state index is 11.4. The van der Waals surface area contributed by atoms with E-state index in [4.69, 9.17) is 5.26 Å². The molecule has 0 spiro atoms. The highest BCUT2D eigenvalue weighted by atomic mass is 16.2. The van der Waals surface area contributed by atoms with Crippen LogP contribution in [-0.2, 0) is 17.6 Å². The highest BCUT2D eigenvalue weighted by Gasteiger charge is 2.20. The van der Waals surface area contributed by atoms with Gasteiger partial charge in [-0.1, -0.05) is 12.1 Å². The lowest BCUT2D eigenvalue weighted by Crippen LogP contribution is -2.31. The van der Waals surface area contributed by atoms with Crippen LogP contribution in [0.5, 0.6) is 0 Å². The Hall–Kier alpha value is -1.82. The van der Waals surface area contributed by atoms with Gasteiger partial charge in [0.05, 0.1) is 12.5 Å². The summed E-state index contributed by atoms with van der Waals surface area (Å²) in [5.41, 5.74) is 3.18. The predicted octanol–water partition coefficient (Wildman–Crippen LogP) is 1.66. The van der Waals surface area contributed by atoms with Crippen LogP contribution in [0.3, 0.4) is 0 Å². The summed E-state index contributed by atoms with van der Waals surface area (Å²) >= 11 is 0. The first-order chi connectivity index (χ1) is 7.22. The molecular formula is C12H12N2O. The molecular weight excluding hydrogens is 188 g/mol. The Labute approximate surface area is 88.9 Å². The van der Waals surface area contributed by atoms with Crippen LogP contribution in [0.15, 0.2) is 18.2 Å². The van der Waals surface area contributed by atoms with Crippen LogP contribution < -0.4 is 4.90 Å². The zero-order chi connectivity index (χ0) is 10.8. The van der Waals surface area contributed by atoms with Gasteiger partial charge in [-0.15, -0.1) is 0 Å². The van der Waals surface area contributed by atoms with Crippen molar-refractivity contribution in [1.29, 1.82) is 5.26 Å². The van der Waals surface area contributed by atoms with Gasteiger partial charge >= 0.3 is 0 Å². The summed E-state index contributed by atoms with van der Waals surface area (Å²) < 4.78 is 0. The van der Waals surface area contributed by atoms with Crippen molar-refractivity contribution in [2.75, 3.05) is 11.9 Å². The number of carbonyl (C=O) groups is 1. The van der Waals surface area contributed by atoms with E-state index >= 15 is 0 Å². The third-order valence-corrected chi connectivity index (χ3v) is 2.77. The molecule has 0 unspecified atom stereocenters. The molecule has 0 bridgehead atoms. The second-order valence-corrected chi connectivity index (χ2v) is 3.75. The van der Waals surface area contributed by atoms with Crippen LogP contribution in [0.2, 0.25) is 0 Å². The molecule has 1 aromatic carbocycles. The largest absolute Gasteiger partial charge is 0.315 e. The lowest BCUT2D eigenvalue weighted by atomic mass is 9.98. The maximum Gasteiger partial charge on any atom is 0.227 e. The van der Waals surface area contributed by atoms with Crippen LogP contribution in [0.1, 0.15) is 17.5 Å². The van der Waals surface area contributed by atoms with Gasteiger partial charge in [0, 0.05) is 19.2 Å². The van der Waals surface area contributed by atoms with Gasteiger partial charge in [-0.3, -0.25) is 4.79 Å². The lowest BCUT2D eigenvalue weighted by molar-refractivity contribution is -0.118. The normalized spacial score (nSPS) is 14.7. The fourth-order valence-corrected chi connectivity index (χ4v) is 1.91. The monoisotopic (exact) mass is 200 g/mol. The minimum Gasteiger partial charge on any atom is -0.315 e. The van der Waals surface area contributed by atoms with Gasteiger partial charge in [0.25, 0.3) is 0 Å². The zero-order valence-corrected chi connectivity index (χ0v) is 8.66. The number of hydrogen-bond donors (Lipinski definition) is 0. The molecule has 0 aromatic heterocycles. The number of nitriles is 1. The van der Waals surface area contributed by atoms with Crippen molar-refractivity contribution >= 4 is 11.6 Å². The number of carbonyl (C=O) groups excluding carboxylic acids is 1. The van der Waals surface area contributed by atoms with Crippen molar-refractivity contribution in [3.63, 3.8) is 0 Å². The molecule has 3 nitrogen and oxygen atoms in total. The van der Waals surface area contributed by atoms with Crippen molar-refractivity contribution in [2.24, 2.45) is 0 Å². The van der Waals surface area contributed by atoms with E-state index in [1.807, 2.05) is 18.2 Å². The minimum absolute atomic E-state index is 0.163. The van der Waals surface area contributed by atoms with Crippen LogP contribution in [0.25, 0.3) is 0 Å². The Bertz CT molecular complexity index is 445. The van der Waals surface area contributed by atoms with Crippen molar-refractivity contribution in [3.05, 3.63) is 29.3 Å². The second-order valence-electron chi connectivity index (χ2n) is 3.75. The highest BCUT2D eigenvalue weighted by molar-refractivity contribution is 5.95. The highest BCUT2D eigenvalue weighted by Crippen LogP contribution is 2.27. The Balaban J connectivity index is 2.39. The fraction of sp³-hybridized carbons (Fsp3) is 0.333. The van der Waals surface area contributed by atoms with E-state index < -0.39 is 0 Å². The average Bonchev–Trinajstić information content (AvgIpc) is 2.24. The molecule has 1 aliphatic rings. The number of amides is 1. The van der Waals surface area contributed by atoms with Crippen LogP contribution in [0, 0.1) is 11.3 Å². The molecule has 3 heteroatoms. The van der Waals surface area contributed by atoms with Crippen LogP contribution in [-0.4, -0.2) is 13.0 Å². The van der Waals surface area contributed by atoms with E-state index in [2.05, 4.69) is 6.07 Å². The fourth-order valence-electron chi connectivity index (χ4n) is 1.91. The third kappa shape index (κ3) is 1.71. The van der Waals surface area contributed by atoms with Gasteiger partial charge in [0.1, 0.15) is 0 Å². The van der Waals surface area contributed by atoms with Crippen LogP contribution >= 0.6 is 0 Å². The summed E-state index contributed by atoms with van der Waals surface area (Å²) in [6, 6.07) is 8.00. The van der Waals surface area contributed by atoms with Crippen molar-refractivity contribution in [2.45, 2.75) is 19.3 Å². The van der Waals surface area contributed by atoms with Gasteiger partial charge in [-0.05, 0) is 23.6 Å². The first kappa shape index (κ1) is 9.72. The number of benzene rings is 1. The lowest BCUT2D eigenvalue weighted by Gasteiger charge is -2.25. The first-order valence-corrected chi connectivity index (χ1v) is 4.97. The van der Waals surface area contributed by atoms with Crippen molar-refractivity contribution in [3.8, 4) is 6.07 Å². The molecule has 0 radical (unpaired) electrons. The van der Waals surface area contributed by atoms with Crippen LogP contribution in [0.4, 0.5) is 5.69 Å². The van der Waals surface area contributed by atoms with E-state index in [9.17, 15) is 4.79 Å². The number of anilines is 1. The number of nitrogens with zero attached hydrogens (tertiary/aromatic N) is 2. The Morgan fingerprint density at radius 2 is 2.27 bits per heavy atom. The molecule has 0 aliphatic carbocycles. The summed E-state index contributed by atoms with van der Waals surface area (Å²) in [7, 11) is 1.80. The van der Waals surface area contributed by atoms with Gasteiger partial charge < -0.3 is 4.90 Å². The molecule has 0 saturated heterocycles. The van der Waals surface area contributed by atoms with E-state index in [0.29, 0.717) is 12.8 Å². The first-order valence-electron chi connectivity index (χ1n) is 4.97. The third-order valence-electron chi connectivity index (χ3n) is 2.77. The SMILES string of the molecule is CN1C(=O)CCc2cc(CC#N)ccc21. The molecule has 2 rings (SSSR count). The summed E-state index contributed by atoms with van der Waals surface area (Å²) in [5, 5.41) is 8.60. The number of fused-ring (bicyclic) bond motifs is 1. The Morgan fingerprint density at radius 1 is 1.47 bits per heavy atom. The van der Waals surface area contributed by atoms with Crippen molar-refractivity contribution in [1.82, 2.24) is 0 Å². The molecule has 1 aromatic rings. The smallest absolute Gasteiger partial charge is 0.227 e. The summed E-state index contributed by atoms with van der Waals surface area (Å²) in [5.74, 6) is 0.163. The predicted molar refractivity (Wildman–Crippen MR) is 57.5 cm³/mol. The zero-order valence-electron chi connectivity index (χ0n) is 8.66. The molecule has 0 fully saturated rings. The Morgan fingerprint density at radius 3 is 3.00 bits per heavy atom. The summed E-state index contributed by atoms with van der Waals surface area (Å²) in [6.07, 6.45) is 1.79. The van der Waals surface area contributed by atoms with Crippen molar-refractivity contribution < 1.29 is 4.79 Å². The number of hydrogen-bond acceptors (Lipinski definition) is 2. The number of aryl methyl sites for hydroxylation is 1. The van der Waals surface area contributed by atoms with Gasteiger partial charge in [0.15, 0.2) is 0 Å². The molecule has 1 amide bonds. The van der Waals surface area contributed by atoms with E-state index in [0.717, 1.165) is 17.7 Å². The second kappa shape index (κ2) is 3.74. The number of rotatable bonds is 1. The molecule has 0 atom stereocenters. The summed E-state index contributed by atoms with van der Waals surface area (Å²) in [4.78, 5) is 13.1. The quantitative estimate of drug-likeness (QED) is 0.692. The topological polar surface area (TPSA) is 44.1 Å². The maximum absolute atomic E-state index is 11.4. The van der Waals surface area contributed by atoms with E-state index in [1.54, 1.807) is 11.9 Å².